The first-order valence-corrected chi connectivity index (χ1v) is 8.88. The number of nitrogen functional groups attached to an aromatic ring is 1. The average molecular weight is 306 g/mol. The summed E-state index contributed by atoms with van der Waals surface area (Å²) < 4.78 is 39.4. The average Bonchev–Trinajstić information content (AvgIpc) is 2.36. The maximum atomic E-state index is 13.2. The first-order valence-electron chi connectivity index (χ1n) is 6.01. The summed E-state index contributed by atoms with van der Waals surface area (Å²) in [5.41, 5.74) is 5.25. The zero-order valence-electron chi connectivity index (χ0n) is 10.9. The van der Waals surface area contributed by atoms with Crippen molar-refractivity contribution in [2.75, 3.05) is 24.3 Å². The van der Waals surface area contributed by atoms with Crippen molar-refractivity contribution in [3.63, 3.8) is 0 Å². The summed E-state index contributed by atoms with van der Waals surface area (Å²) in [5.74, 6) is 0.360. The largest absolute Gasteiger partial charge is 0.396 e. The molecule has 3 N–H and O–H groups in total. The highest BCUT2D eigenvalue weighted by Gasteiger charge is 2.14. The fourth-order valence-corrected chi connectivity index (χ4v) is 3.09. The summed E-state index contributed by atoms with van der Waals surface area (Å²) in [6.45, 7) is 0.364. The van der Waals surface area contributed by atoms with Gasteiger partial charge in [0.05, 0.1) is 10.6 Å². The topological polar surface area (TPSA) is 72.2 Å². The molecule has 1 rings (SSSR count). The Morgan fingerprint density at radius 3 is 2.68 bits per heavy atom. The zero-order valence-corrected chi connectivity index (χ0v) is 12.5. The van der Waals surface area contributed by atoms with E-state index in [-0.39, 0.29) is 10.6 Å². The predicted octanol–water partition coefficient (Wildman–Crippen LogP) is 2.22. The monoisotopic (exact) mass is 306 g/mol. The number of rotatable bonds is 8. The van der Waals surface area contributed by atoms with Gasteiger partial charge in [0.2, 0.25) is 10.0 Å². The Hall–Kier alpha value is -0.790. The molecule has 0 saturated heterocycles. The Morgan fingerprint density at radius 1 is 1.32 bits per heavy atom. The van der Waals surface area contributed by atoms with Crippen molar-refractivity contribution in [2.24, 2.45) is 0 Å². The molecule has 0 aliphatic carbocycles. The lowest BCUT2D eigenvalue weighted by atomic mass is 10.2. The van der Waals surface area contributed by atoms with Crippen molar-refractivity contribution in [1.82, 2.24) is 4.72 Å². The van der Waals surface area contributed by atoms with Gasteiger partial charge in [-0.25, -0.2) is 17.5 Å². The van der Waals surface area contributed by atoms with Crippen molar-refractivity contribution in [2.45, 2.75) is 24.2 Å². The van der Waals surface area contributed by atoms with Crippen molar-refractivity contribution in [1.29, 1.82) is 0 Å². The molecule has 4 nitrogen and oxygen atoms in total. The van der Waals surface area contributed by atoms with Crippen molar-refractivity contribution in [3.05, 3.63) is 24.0 Å². The summed E-state index contributed by atoms with van der Waals surface area (Å²) in [4.78, 5) is -0.0942. The van der Waals surface area contributed by atoms with Gasteiger partial charge in [0.1, 0.15) is 5.82 Å². The highest BCUT2D eigenvalue weighted by molar-refractivity contribution is 7.98. The van der Waals surface area contributed by atoms with Crippen molar-refractivity contribution < 1.29 is 12.8 Å². The van der Waals surface area contributed by atoms with E-state index in [4.69, 9.17) is 5.73 Å². The number of anilines is 1. The lowest BCUT2D eigenvalue weighted by Crippen LogP contribution is -2.25. The standard InChI is InChI=1S/C12H19FN2O2S2/c1-18-8-4-2-3-7-15-19(16,17)10-5-6-12(14)11(13)9-10/h5-6,9,15H,2-4,7-8,14H2,1H3. The van der Waals surface area contributed by atoms with E-state index in [1.54, 1.807) is 11.8 Å². The number of thioether (sulfide) groups is 1. The van der Waals surface area contributed by atoms with Crippen LogP contribution in [0.2, 0.25) is 0 Å². The molecule has 0 radical (unpaired) electrons. The molecule has 108 valence electrons. The first kappa shape index (κ1) is 16.3. The van der Waals surface area contributed by atoms with Crippen LogP contribution in [-0.4, -0.2) is 27.0 Å². The molecule has 0 unspecified atom stereocenters. The number of hydrogen-bond donors (Lipinski definition) is 2. The molecule has 0 aliphatic rings. The van der Waals surface area contributed by atoms with E-state index in [1.165, 1.54) is 12.1 Å². The van der Waals surface area contributed by atoms with Crippen LogP contribution in [0.4, 0.5) is 10.1 Å². The molecule has 0 fully saturated rings. The van der Waals surface area contributed by atoms with Crippen molar-refractivity contribution in [3.8, 4) is 0 Å². The second kappa shape index (κ2) is 7.72. The van der Waals surface area contributed by atoms with E-state index in [9.17, 15) is 12.8 Å². The minimum absolute atomic E-state index is 0.0592. The normalized spacial score (nSPS) is 11.7. The second-order valence-electron chi connectivity index (χ2n) is 4.13. The molecule has 0 aliphatic heterocycles. The third kappa shape index (κ3) is 5.38. The van der Waals surface area contributed by atoms with E-state index in [0.717, 1.165) is 31.1 Å². The fraction of sp³-hybridized carbons (Fsp3) is 0.500. The molecular weight excluding hydrogens is 287 g/mol. The summed E-state index contributed by atoms with van der Waals surface area (Å²) in [6.07, 6.45) is 4.86. The molecule has 0 heterocycles. The molecule has 1 aromatic carbocycles. The first-order chi connectivity index (χ1) is 8.97. The molecule has 0 aromatic heterocycles. The zero-order chi connectivity index (χ0) is 14.3. The van der Waals surface area contributed by atoms with Gasteiger partial charge in [-0.1, -0.05) is 6.42 Å². The van der Waals surface area contributed by atoms with E-state index in [1.807, 2.05) is 6.26 Å². The quantitative estimate of drug-likeness (QED) is 0.570. The number of nitrogens with one attached hydrogen (secondary N) is 1. The van der Waals surface area contributed by atoms with E-state index in [0.29, 0.717) is 6.54 Å². The minimum Gasteiger partial charge on any atom is -0.396 e. The summed E-state index contributed by atoms with van der Waals surface area (Å²) in [6, 6.07) is 3.49. The van der Waals surface area contributed by atoms with Gasteiger partial charge in [0.15, 0.2) is 0 Å². The van der Waals surface area contributed by atoms with Gasteiger partial charge in [-0.3, -0.25) is 0 Å². The Labute approximate surface area is 118 Å². The van der Waals surface area contributed by atoms with Crippen LogP contribution in [0.1, 0.15) is 19.3 Å². The Kier molecular flexibility index (Phi) is 6.60. The summed E-state index contributed by atoms with van der Waals surface area (Å²) >= 11 is 1.77. The highest BCUT2D eigenvalue weighted by atomic mass is 32.2. The Balaban J connectivity index is 2.49. The van der Waals surface area contributed by atoms with Crippen LogP contribution >= 0.6 is 11.8 Å². The molecule has 0 spiro atoms. The molecule has 0 atom stereocenters. The SMILES string of the molecule is CSCCCCCNS(=O)(=O)c1ccc(N)c(F)c1. The van der Waals surface area contributed by atoms with Gasteiger partial charge < -0.3 is 5.73 Å². The molecule has 0 amide bonds. The van der Waals surface area contributed by atoms with E-state index < -0.39 is 15.8 Å². The lowest BCUT2D eigenvalue weighted by Gasteiger charge is -2.07. The smallest absolute Gasteiger partial charge is 0.240 e. The third-order valence-electron chi connectivity index (χ3n) is 2.60. The van der Waals surface area contributed by atoms with Crippen LogP contribution in [-0.2, 0) is 10.0 Å². The number of halogens is 1. The summed E-state index contributed by atoms with van der Waals surface area (Å²) in [7, 11) is -3.64. The predicted molar refractivity (Wildman–Crippen MR) is 78.2 cm³/mol. The van der Waals surface area contributed by atoms with Crippen LogP contribution in [0.3, 0.4) is 0 Å². The van der Waals surface area contributed by atoms with E-state index >= 15 is 0 Å². The van der Waals surface area contributed by atoms with Crippen LogP contribution < -0.4 is 10.5 Å². The number of nitrogens with two attached hydrogens (primary N) is 1. The lowest BCUT2D eigenvalue weighted by molar-refractivity contribution is 0.573. The number of benzene rings is 1. The summed E-state index contributed by atoms with van der Waals surface area (Å²) in [5, 5.41) is 0. The van der Waals surface area contributed by atoms with Gasteiger partial charge in [-0.15, -0.1) is 0 Å². The van der Waals surface area contributed by atoms with Crippen LogP contribution in [0.25, 0.3) is 0 Å². The van der Waals surface area contributed by atoms with Gasteiger partial charge in [-0.05, 0) is 43.0 Å². The molecule has 0 saturated carbocycles. The van der Waals surface area contributed by atoms with Crippen LogP contribution in [0.15, 0.2) is 23.1 Å². The van der Waals surface area contributed by atoms with E-state index in [2.05, 4.69) is 4.72 Å². The second-order valence-corrected chi connectivity index (χ2v) is 6.89. The maximum Gasteiger partial charge on any atom is 0.240 e. The van der Waals surface area contributed by atoms with Gasteiger partial charge in [-0.2, -0.15) is 11.8 Å². The van der Waals surface area contributed by atoms with Crippen molar-refractivity contribution >= 4 is 27.5 Å². The maximum absolute atomic E-state index is 13.2. The third-order valence-corrected chi connectivity index (χ3v) is 4.76. The molecule has 1 aromatic rings. The van der Waals surface area contributed by atoms with Gasteiger partial charge in [0.25, 0.3) is 0 Å². The Bertz CT molecular complexity index is 506. The van der Waals surface area contributed by atoms with Crippen LogP contribution in [0, 0.1) is 5.82 Å². The fourth-order valence-electron chi connectivity index (χ4n) is 1.51. The molecule has 7 heteroatoms. The Morgan fingerprint density at radius 2 is 2.05 bits per heavy atom. The number of sulfonamides is 1. The molecule has 0 bridgehead atoms. The highest BCUT2D eigenvalue weighted by Crippen LogP contribution is 2.16. The number of unbranched alkanes of at least 4 members (excludes halogenated alkanes) is 2. The van der Waals surface area contributed by atoms with Gasteiger partial charge in [0, 0.05) is 6.54 Å². The molecule has 19 heavy (non-hydrogen) atoms. The van der Waals surface area contributed by atoms with Crippen LogP contribution in [0.5, 0.6) is 0 Å². The number of hydrogen-bond acceptors (Lipinski definition) is 4. The minimum atomic E-state index is -3.64. The molecular formula is C12H19FN2O2S2. The van der Waals surface area contributed by atoms with Gasteiger partial charge >= 0.3 is 0 Å².